The van der Waals surface area contributed by atoms with Crippen LogP contribution in [-0.2, 0) is 0 Å². The van der Waals surface area contributed by atoms with E-state index in [1.165, 1.54) is 0 Å². The third-order valence-electron chi connectivity index (χ3n) is 4.17. The SMILES string of the molecule is CCCN(C(=O)c1cccc(Oc2ccncc2)c1)C1CCNC1. The first-order valence-corrected chi connectivity index (χ1v) is 8.47. The minimum atomic E-state index is 0.0747. The van der Waals surface area contributed by atoms with E-state index < -0.39 is 0 Å². The van der Waals surface area contributed by atoms with Gasteiger partial charge in [0.25, 0.3) is 5.91 Å². The van der Waals surface area contributed by atoms with E-state index in [4.69, 9.17) is 4.74 Å². The highest BCUT2D eigenvalue weighted by Gasteiger charge is 2.26. The van der Waals surface area contributed by atoms with Gasteiger partial charge in [-0.2, -0.15) is 0 Å². The molecule has 1 atom stereocenters. The lowest BCUT2D eigenvalue weighted by Gasteiger charge is -2.28. The van der Waals surface area contributed by atoms with E-state index >= 15 is 0 Å². The van der Waals surface area contributed by atoms with Gasteiger partial charge in [0.1, 0.15) is 11.5 Å². The molecule has 1 N–H and O–H groups in total. The van der Waals surface area contributed by atoms with Gasteiger partial charge in [-0.3, -0.25) is 9.78 Å². The molecule has 0 radical (unpaired) electrons. The fourth-order valence-corrected chi connectivity index (χ4v) is 3.00. The van der Waals surface area contributed by atoms with Gasteiger partial charge in [-0.1, -0.05) is 13.0 Å². The molecule has 1 fully saturated rings. The smallest absolute Gasteiger partial charge is 0.254 e. The molecule has 0 spiro atoms. The summed E-state index contributed by atoms with van der Waals surface area (Å²) in [5.74, 6) is 1.44. The number of hydrogen-bond donors (Lipinski definition) is 1. The Labute approximate surface area is 142 Å². The van der Waals surface area contributed by atoms with Crippen LogP contribution in [0.3, 0.4) is 0 Å². The number of nitrogens with one attached hydrogen (secondary N) is 1. The molecule has 3 rings (SSSR count). The summed E-state index contributed by atoms with van der Waals surface area (Å²) >= 11 is 0. The summed E-state index contributed by atoms with van der Waals surface area (Å²) in [6.45, 7) is 4.73. The summed E-state index contributed by atoms with van der Waals surface area (Å²) in [6.07, 6.45) is 5.33. The Bertz CT molecular complexity index is 669. The number of carbonyl (C=O) groups is 1. The van der Waals surface area contributed by atoms with Crippen LogP contribution in [0.15, 0.2) is 48.8 Å². The highest BCUT2D eigenvalue weighted by Crippen LogP contribution is 2.23. The molecule has 1 unspecified atom stereocenters. The number of hydrogen-bond acceptors (Lipinski definition) is 4. The zero-order chi connectivity index (χ0) is 16.8. The second-order valence-corrected chi connectivity index (χ2v) is 5.96. The quantitative estimate of drug-likeness (QED) is 0.887. The van der Waals surface area contributed by atoms with Gasteiger partial charge >= 0.3 is 0 Å². The fourth-order valence-electron chi connectivity index (χ4n) is 3.00. The summed E-state index contributed by atoms with van der Waals surface area (Å²) in [5, 5.41) is 3.34. The average Bonchev–Trinajstić information content (AvgIpc) is 3.14. The van der Waals surface area contributed by atoms with E-state index in [9.17, 15) is 4.79 Å². The number of aromatic nitrogens is 1. The van der Waals surface area contributed by atoms with Crippen molar-refractivity contribution in [2.45, 2.75) is 25.8 Å². The van der Waals surface area contributed by atoms with Gasteiger partial charge in [0.05, 0.1) is 0 Å². The van der Waals surface area contributed by atoms with Crippen molar-refractivity contribution in [3.8, 4) is 11.5 Å². The number of rotatable bonds is 6. The number of pyridine rings is 1. The Kier molecular flexibility index (Phi) is 5.43. The lowest BCUT2D eigenvalue weighted by molar-refractivity contribution is 0.0692. The van der Waals surface area contributed by atoms with Crippen molar-refractivity contribution in [2.75, 3.05) is 19.6 Å². The summed E-state index contributed by atoms with van der Waals surface area (Å²) < 4.78 is 5.81. The first-order chi connectivity index (χ1) is 11.8. The first-order valence-electron chi connectivity index (χ1n) is 8.47. The number of nitrogens with zero attached hydrogens (tertiary/aromatic N) is 2. The second kappa shape index (κ2) is 7.93. The van der Waals surface area contributed by atoms with E-state index in [1.807, 2.05) is 29.2 Å². The van der Waals surface area contributed by atoms with Crippen molar-refractivity contribution in [1.29, 1.82) is 0 Å². The van der Waals surface area contributed by atoms with E-state index in [2.05, 4.69) is 17.2 Å². The molecule has 1 aliphatic heterocycles. The van der Waals surface area contributed by atoms with Crippen LogP contribution in [0.4, 0.5) is 0 Å². The summed E-state index contributed by atoms with van der Waals surface area (Å²) in [6, 6.07) is 11.3. The fraction of sp³-hybridized carbons (Fsp3) is 0.368. The molecule has 1 saturated heterocycles. The second-order valence-electron chi connectivity index (χ2n) is 5.96. The van der Waals surface area contributed by atoms with Crippen molar-refractivity contribution in [3.63, 3.8) is 0 Å². The van der Waals surface area contributed by atoms with Crippen LogP contribution in [0.25, 0.3) is 0 Å². The predicted octanol–water partition coefficient (Wildman–Crippen LogP) is 3.09. The topological polar surface area (TPSA) is 54.5 Å². The Morgan fingerprint density at radius 3 is 2.83 bits per heavy atom. The van der Waals surface area contributed by atoms with Crippen molar-refractivity contribution in [1.82, 2.24) is 15.2 Å². The van der Waals surface area contributed by atoms with Crippen LogP contribution < -0.4 is 10.1 Å². The van der Waals surface area contributed by atoms with Crippen LogP contribution in [-0.4, -0.2) is 41.5 Å². The molecule has 0 saturated carbocycles. The van der Waals surface area contributed by atoms with Gasteiger partial charge in [0.15, 0.2) is 0 Å². The molecule has 1 aromatic heterocycles. The molecule has 5 nitrogen and oxygen atoms in total. The lowest BCUT2D eigenvalue weighted by Crippen LogP contribution is -2.42. The minimum absolute atomic E-state index is 0.0747. The molecule has 1 aliphatic rings. The van der Waals surface area contributed by atoms with Gasteiger partial charge in [-0.15, -0.1) is 0 Å². The van der Waals surface area contributed by atoms with Crippen molar-refractivity contribution >= 4 is 5.91 Å². The Morgan fingerprint density at radius 1 is 1.29 bits per heavy atom. The average molecular weight is 325 g/mol. The number of benzene rings is 1. The highest BCUT2D eigenvalue weighted by molar-refractivity contribution is 5.94. The third-order valence-corrected chi connectivity index (χ3v) is 4.17. The molecule has 0 bridgehead atoms. The molecule has 5 heteroatoms. The zero-order valence-corrected chi connectivity index (χ0v) is 13.9. The summed E-state index contributed by atoms with van der Waals surface area (Å²) in [4.78, 5) is 18.9. The number of carbonyl (C=O) groups excluding carboxylic acids is 1. The van der Waals surface area contributed by atoms with Crippen molar-refractivity contribution < 1.29 is 9.53 Å². The minimum Gasteiger partial charge on any atom is -0.457 e. The molecule has 126 valence electrons. The van der Waals surface area contributed by atoms with Crippen molar-refractivity contribution in [3.05, 3.63) is 54.4 Å². The molecular weight excluding hydrogens is 302 g/mol. The van der Waals surface area contributed by atoms with E-state index in [-0.39, 0.29) is 11.9 Å². The molecule has 2 aromatic rings. The number of ether oxygens (including phenoxy) is 1. The largest absolute Gasteiger partial charge is 0.457 e. The Balaban J connectivity index is 1.77. The van der Waals surface area contributed by atoms with E-state index in [0.29, 0.717) is 17.1 Å². The van der Waals surface area contributed by atoms with E-state index in [0.717, 1.165) is 32.5 Å². The van der Waals surface area contributed by atoms with Crippen LogP contribution in [0.5, 0.6) is 11.5 Å². The normalized spacial score (nSPS) is 16.8. The predicted molar refractivity (Wildman–Crippen MR) is 93.4 cm³/mol. The monoisotopic (exact) mass is 325 g/mol. The van der Waals surface area contributed by atoms with Gasteiger partial charge in [0.2, 0.25) is 0 Å². The van der Waals surface area contributed by atoms with Crippen LogP contribution >= 0.6 is 0 Å². The standard InChI is InChI=1S/C19H23N3O2/c1-2-12-22(16-6-9-21-14-16)19(23)15-4-3-5-18(13-15)24-17-7-10-20-11-8-17/h3-5,7-8,10-11,13,16,21H,2,6,9,12,14H2,1H3. The van der Waals surface area contributed by atoms with Crippen molar-refractivity contribution in [2.24, 2.45) is 0 Å². The summed E-state index contributed by atoms with van der Waals surface area (Å²) in [5.41, 5.74) is 0.668. The van der Waals surface area contributed by atoms with Crippen LogP contribution in [0, 0.1) is 0 Å². The summed E-state index contributed by atoms with van der Waals surface area (Å²) in [7, 11) is 0. The van der Waals surface area contributed by atoms with Gasteiger partial charge in [-0.05, 0) is 49.7 Å². The maximum absolute atomic E-state index is 13.0. The lowest BCUT2D eigenvalue weighted by atomic mass is 10.1. The maximum atomic E-state index is 13.0. The molecular formula is C19H23N3O2. The highest BCUT2D eigenvalue weighted by atomic mass is 16.5. The maximum Gasteiger partial charge on any atom is 0.254 e. The molecule has 0 aliphatic carbocycles. The van der Waals surface area contributed by atoms with Gasteiger partial charge in [-0.25, -0.2) is 0 Å². The Hall–Kier alpha value is -2.40. The van der Waals surface area contributed by atoms with Crippen LogP contribution in [0.1, 0.15) is 30.1 Å². The molecule has 2 heterocycles. The van der Waals surface area contributed by atoms with Gasteiger partial charge < -0.3 is 15.0 Å². The third kappa shape index (κ3) is 3.92. The first kappa shape index (κ1) is 16.5. The van der Waals surface area contributed by atoms with E-state index in [1.54, 1.807) is 24.5 Å². The van der Waals surface area contributed by atoms with Crippen LogP contribution in [0.2, 0.25) is 0 Å². The zero-order valence-electron chi connectivity index (χ0n) is 13.9. The number of amides is 1. The Morgan fingerprint density at radius 2 is 2.12 bits per heavy atom. The molecule has 1 aromatic carbocycles. The van der Waals surface area contributed by atoms with Gasteiger partial charge in [0, 0.05) is 37.1 Å². The molecule has 1 amide bonds. The molecule has 24 heavy (non-hydrogen) atoms.